The summed E-state index contributed by atoms with van der Waals surface area (Å²) >= 11 is 4.60. The second kappa shape index (κ2) is 8.57. The normalized spacial score (nSPS) is 12.0. The van der Waals surface area contributed by atoms with Crippen LogP contribution >= 0.6 is 12.6 Å². The Hall–Kier alpha value is 0.270. The van der Waals surface area contributed by atoms with Gasteiger partial charge in [0, 0.05) is 5.25 Å². The molecule has 0 rings (SSSR count). The maximum atomic E-state index is 4.60. The molecule has 0 aliphatic rings. The second-order valence-electron chi connectivity index (χ2n) is 4.54. The zero-order valence-corrected chi connectivity index (χ0v) is 11.1. The molecule has 0 spiro atoms. The van der Waals surface area contributed by atoms with Gasteiger partial charge >= 0.3 is 0 Å². The summed E-state index contributed by atoms with van der Waals surface area (Å²) < 4.78 is 0. The summed E-state index contributed by atoms with van der Waals surface area (Å²) in [6.45, 7) is 2.37. The second-order valence-corrected chi connectivity index (χ2v) is 5.28. The predicted molar refractivity (Wildman–Crippen MR) is 68.4 cm³/mol. The minimum absolute atomic E-state index is 0.592. The van der Waals surface area contributed by atoms with Crippen molar-refractivity contribution < 1.29 is 0 Å². The van der Waals surface area contributed by atoms with Gasteiger partial charge in [0.25, 0.3) is 0 Å². The van der Waals surface area contributed by atoms with Gasteiger partial charge in [-0.05, 0) is 67.0 Å². The fourth-order valence-corrected chi connectivity index (χ4v) is 1.80. The Labute approximate surface area is 95.1 Å². The molecule has 0 aromatic carbocycles. The van der Waals surface area contributed by atoms with Gasteiger partial charge in [-0.2, -0.15) is 12.6 Å². The number of hydrogen-bond donors (Lipinski definition) is 1. The van der Waals surface area contributed by atoms with E-state index < -0.39 is 0 Å². The average molecular weight is 218 g/mol. The molecule has 0 heterocycles. The smallest absolute Gasteiger partial charge is 0.00177 e. The van der Waals surface area contributed by atoms with Gasteiger partial charge in [-0.25, -0.2) is 0 Å². The van der Waals surface area contributed by atoms with Crippen molar-refractivity contribution in [3.63, 3.8) is 0 Å². The van der Waals surface area contributed by atoms with E-state index in [0.717, 1.165) is 0 Å². The molecule has 0 unspecified atom stereocenters. The van der Waals surface area contributed by atoms with E-state index in [2.05, 4.69) is 50.6 Å². The molecule has 0 aliphatic heterocycles. The summed E-state index contributed by atoms with van der Waals surface area (Å²) in [7, 11) is 8.50. The van der Waals surface area contributed by atoms with Crippen molar-refractivity contribution in [3.05, 3.63) is 0 Å². The van der Waals surface area contributed by atoms with Gasteiger partial charge in [0.05, 0.1) is 0 Å². The van der Waals surface area contributed by atoms with Crippen LogP contribution in [-0.4, -0.2) is 56.3 Å². The number of hydrogen-bond acceptors (Lipinski definition) is 3. The maximum Gasteiger partial charge on any atom is 0.00177 e. The summed E-state index contributed by atoms with van der Waals surface area (Å²) in [6, 6.07) is 0. The maximum absolute atomic E-state index is 4.60. The van der Waals surface area contributed by atoms with Crippen LogP contribution < -0.4 is 0 Å². The molecule has 86 valence electrons. The van der Waals surface area contributed by atoms with Gasteiger partial charge in [-0.3, -0.25) is 0 Å². The van der Waals surface area contributed by atoms with Crippen LogP contribution in [0.3, 0.4) is 0 Å². The Morgan fingerprint density at radius 1 is 0.857 bits per heavy atom. The van der Waals surface area contributed by atoms with Crippen LogP contribution in [0, 0.1) is 0 Å². The molecule has 0 saturated carbocycles. The van der Waals surface area contributed by atoms with Crippen molar-refractivity contribution >= 4 is 12.6 Å². The molecule has 2 nitrogen and oxygen atoms in total. The molecule has 0 amide bonds. The number of thiol groups is 1. The van der Waals surface area contributed by atoms with E-state index in [1.807, 2.05) is 0 Å². The molecular formula is C11H26N2S. The van der Waals surface area contributed by atoms with Crippen LogP contribution in [0.25, 0.3) is 0 Å². The first-order valence-corrected chi connectivity index (χ1v) is 6.01. The summed E-state index contributed by atoms with van der Waals surface area (Å²) in [5.74, 6) is 0. The number of rotatable bonds is 8. The standard InChI is InChI=1S/C11H26N2S/c1-12(2)9-5-7-11(14)8-6-10-13(3)4/h11,14H,5-10H2,1-4H3. The fourth-order valence-electron chi connectivity index (χ4n) is 1.43. The molecule has 14 heavy (non-hydrogen) atoms. The molecule has 0 N–H and O–H groups in total. The topological polar surface area (TPSA) is 6.48 Å². The first-order valence-electron chi connectivity index (χ1n) is 5.50. The zero-order chi connectivity index (χ0) is 11.0. The predicted octanol–water partition coefficient (Wildman–Crippen LogP) is 1.97. The molecule has 0 bridgehead atoms. The van der Waals surface area contributed by atoms with E-state index in [1.54, 1.807) is 0 Å². The Kier molecular flexibility index (Phi) is 8.73. The highest BCUT2D eigenvalue weighted by molar-refractivity contribution is 7.80. The molecule has 0 atom stereocenters. The lowest BCUT2D eigenvalue weighted by Crippen LogP contribution is -2.16. The van der Waals surface area contributed by atoms with E-state index in [9.17, 15) is 0 Å². The molecular weight excluding hydrogens is 192 g/mol. The minimum atomic E-state index is 0.592. The van der Waals surface area contributed by atoms with E-state index >= 15 is 0 Å². The van der Waals surface area contributed by atoms with E-state index in [1.165, 1.54) is 38.8 Å². The van der Waals surface area contributed by atoms with Crippen LogP contribution in [0.4, 0.5) is 0 Å². The lowest BCUT2D eigenvalue weighted by atomic mass is 10.1. The third kappa shape index (κ3) is 10.4. The average Bonchev–Trinajstić information content (AvgIpc) is 2.02. The molecule has 0 saturated heterocycles. The molecule has 3 heteroatoms. The van der Waals surface area contributed by atoms with Crippen molar-refractivity contribution in [1.82, 2.24) is 9.80 Å². The zero-order valence-electron chi connectivity index (χ0n) is 10.2. The van der Waals surface area contributed by atoms with Crippen molar-refractivity contribution in [2.45, 2.75) is 30.9 Å². The fraction of sp³-hybridized carbons (Fsp3) is 1.00. The SMILES string of the molecule is CN(C)CCCC(S)CCCN(C)C. The number of nitrogens with zero attached hydrogens (tertiary/aromatic N) is 2. The first-order chi connectivity index (χ1) is 6.52. The highest BCUT2D eigenvalue weighted by Gasteiger charge is 2.03. The van der Waals surface area contributed by atoms with Gasteiger partial charge in [0.15, 0.2) is 0 Å². The Bertz CT molecular complexity index is 112. The van der Waals surface area contributed by atoms with Crippen molar-refractivity contribution in [3.8, 4) is 0 Å². The summed E-state index contributed by atoms with van der Waals surface area (Å²) in [5, 5.41) is 0.592. The lowest BCUT2D eigenvalue weighted by Gasteiger charge is -2.14. The van der Waals surface area contributed by atoms with Crippen LogP contribution in [0.1, 0.15) is 25.7 Å². The lowest BCUT2D eigenvalue weighted by molar-refractivity contribution is 0.378. The van der Waals surface area contributed by atoms with Crippen LogP contribution in [-0.2, 0) is 0 Å². The van der Waals surface area contributed by atoms with Gasteiger partial charge < -0.3 is 9.80 Å². The van der Waals surface area contributed by atoms with Crippen molar-refractivity contribution in [2.24, 2.45) is 0 Å². The molecule has 0 radical (unpaired) electrons. The Morgan fingerprint density at radius 3 is 1.50 bits per heavy atom. The summed E-state index contributed by atoms with van der Waals surface area (Å²) in [6.07, 6.45) is 5.02. The highest BCUT2D eigenvalue weighted by Crippen LogP contribution is 2.11. The minimum Gasteiger partial charge on any atom is -0.309 e. The van der Waals surface area contributed by atoms with Crippen LogP contribution in [0.5, 0.6) is 0 Å². The third-order valence-electron chi connectivity index (χ3n) is 2.29. The van der Waals surface area contributed by atoms with Gasteiger partial charge in [0.2, 0.25) is 0 Å². The van der Waals surface area contributed by atoms with Crippen molar-refractivity contribution in [2.75, 3.05) is 41.3 Å². The molecule has 0 aromatic rings. The van der Waals surface area contributed by atoms with Crippen LogP contribution in [0.2, 0.25) is 0 Å². The molecule has 0 fully saturated rings. The largest absolute Gasteiger partial charge is 0.309 e. The summed E-state index contributed by atoms with van der Waals surface area (Å²) in [5.41, 5.74) is 0. The molecule has 0 aliphatic carbocycles. The van der Waals surface area contributed by atoms with E-state index in [-0.39, 0.29) is 0 Å². The highest BCUT2D eigenvalue weighted by atomic mass is 32.1. The Balaban J connectivity index is 3.23. The van der Waals surface area contributed by atoms with Gasteiger partial charge in [-0.1, -0.05) is 0 Å². The first kappa shape index (κ1) is 14.3. The van der Waals surface area contributed by atoms with E-state index in [4.69, 9.17) is 0 Å². The van der Waals surface area contributed by atoms with E-state index in [0.29, 0.717) is 5.25 Å². The monoisotopic (exact) mass is 218 g/mol. The van der Waals surface area contributed by atoms with Gasteiger partial charge in [0.1, 0.15) is 0 Å². The third-order valence-corrected chi connectivity index (χ3v) is 2.80. The van der Waals surface area contributed by atoms with Crippen LogP contribution in [0.15, 0.2) is 0 Å². The quantitative estimate of drug-likeness (QED) is 0.622. The summed E-state index contributed by atoms with van der Waals surface area (Å²) in [4.78, 5) is 4.47. The van der Waals surface area contributed by atoms with Crippen molar-refractivity contribution in [1.29, 1.82) is 0 Å². The molecule has 0 aromatic heterocycles. The Morgan fingerprint density at radius 2 is 1.21 bits per heavy atom. The van der Waals surface area contributed by atoms with Gasteiger partial charge in [-0.15, -0.1) is 0 Å².